The maximum atomic E-state index is 14.0. The first-order valence-corrected chi connectivity index (χ1v) is 11.7. The lowest BCUT2D eigenvalue weighted by atomic mass is 9.84. The Hall–Kier alpha value is -3.92. The molecule has 0 spiro atoms. The van der Waals surface area contributed by atoms with Gasteiger partial charge < -0.3 is 10.1 Å². The SMILES string of the molecule is CCNc1cc2c(cn1)n(-c1ccc(C#N)cc1)nc2[C@H]1CC[C@@H](Oc2ccccc2F)CC1. The van der Waals surface area contributed by atoms with Crippen LogP contribution in [-0.2, 0) is 0 Å². The molecule has 2 heterocycles. The number of benzene rings is 2. The van der Waals surface area contributed by atoms with Crippen molar-refractivity contribution in [2.45, 2.75) is 44.6 Å². The molecule has 0 saturated heterocycles. The molecule has 0 radical (unpaired) electrons. The van der Waals surface area contributed by atoms with Crippen LogP contribution in [-0.4, -0.2) is 27.4 Å². The number of nitriles is 1. The van der Waals surface area contributed by atoms with Gasteiger partial charge in [0.2, 0.25) is 0 Å². The summed E-state index contributed by atoms with van der Waals surface area (Å²) in [5.41, 5.74) is 3.49. The number of pyridine rings is 1. The zero-order chi connectivity index (χ0) is 23.5. The molecule has 0 unspecified atom stereocenters. The predicted octanol–water partition coefficient (Wildman–Crippen LogP) is 5.97. The zero-order valence-corrected chi connectivity index (χ0v) is 19.0. The smallest absolute Gasteiger partial charge is 0.165 e. The van der Waals surface area contributed by atoms with Crippen molar-refractivity contribution in [1.82, 2.24) is 14.8 Å². The van der Waals surface area contributed by atoms with E-state index in [9.17, 15) is 4.39 Å². The largest absolute Gasteiger partial charge is 0.487 e. The highest BCUT2D eigenvalue weighted by Gasteiger charge is 2.28. The molecule has 1 fully saturated rings. The summed E-state index contributed by atoms with van der Waals surface area (Å²) >= 11 is 0. The Morgan fingerprint density at radius 2 is 1.88 bits per heavy atom. The molecular formula is C27H26FN5O. The monoisotopic (exact) mass is 455 g/mol. The van der Waals surface area contributed by atoms with Gasteiger partial charge in [-0.05, 0) is 75.1 Å². The van der Waals surface area contributed by atoms with Crippen LogP contribution in [0, 0.1) is 17.1 Å². The number of hydrogen-bond acceptors (Lipinski definition) is 5. The lowest BCUT2D eigenvalue weighted by Gasteiger charge is -2.28. The van der Waals surface area contributed by atoms with E-state index in [1.54, 1.807) is 30.3 Å². The highest BCUT2D eigenvalue weighted by atomic mass is 19.1. The van der Waals surface area contributed by atoms with E-state index >= 15 is 0 Å². The Morgan fingerprint density at radius 3 is 2.59 bits per heavy atom. The number of anilines is 1. The molecule has 5 rings (SSSR count). The Labute approximate surface area is 198 Å². The molecule has 0 atom stereocenters. The Kier molecular flexibility index (Phi) is 6.13. The number of ether oxygens (including phenoxy) is 1. The number of hydrogen-bond donors (Lipinski definition) is 1. The molecule has 1 N–H and O–H groups in total. The van der Waals surface area contributed by atoms with Crippen LogP contribution in [0.3, 0.4) is 0 Å². The van der Waals surface area contributed by atoms with Gasteiger partial charge in [-0.15, -0.1) is 0 Å². The van der Waals surface area contributed by atoms with Gasteiger partial charge in [-0.2, -0.15) is 10.4 Å². The van der Waals surface area contributed by atoms with Crippen molar-refractivity contribution in [2.75, 3.05) is 11.9 Å². The molecule has 0 aliphatic heterocycles. The lowest BCUT2D eigenvalue weighted by molar-refractivity contribution is 0.140. The molecule has 1 saturated carbocycles. The number of rotatable bonds is 6. The molecule has 34 heavy (non-hydrogen) atoms. The molecule has 0 amide bonds. The van der Waals surface area contributed by atoms with Gasteiger partial charge in [0.05, 0.1) is 40.8 Å². The quantitative estimate of drug-likeness (QED) is 0.388. The van der Waals surface area contributed by atoms with Gasteiger partial charge in [0.15, 0.2) is 11.6 Å². The van der Waals surface area contributed by atoms with Crippen molar-refractivity contribution in [3.8, 4) is 17.5 Å². The number of aromatic nitrogens is 3. The summed E-state index contributed by atoms with van der Waals surface area (Å²) in [6.45, 7) is 2.83. The van der Waals surface area contributed by atoms with Crippen LogP contribution in [0.15, 0.2) is 60.8 Å². The molecule has 7 heteroatoms. The Balaban J connectivity index is 1.43. The first-order chi connectivity index (χ1) is 16.7. The predicted molar refractivity (Wildman–Crippen MR) is 130 cm³/mol. The van der Waals surface area contributed by atoms with Gasteiger partial charge >= 0.3 is 0 Å². The van der Waals surface area contributed by atoms with E-state index < -0.39 is 0 Å². The van der Waals surface area contributed by atoms with Crippen LogP contribution in [0.2, 0.25) is 0 Å². The average Bonchev–Trinajstić information content (AvgIpc) is 3.25. The normalized spacial score (nSPS) is 17.9. The second kappa shape index (κ2) is 9.52. The lowest BCUT2D eigenvalue weighted by Crippen LogP contribution is -2.24. The van der Waals surface area contributed by atoms with Crippen molar-refractivity contribution in [3.05, 3.63) is 77.9 Å². The minimum atomic E-state index is -0.319. The molecule has 2 aromatic heterocycles. The van der Waals surface area contributed by atoms with Crippen LogP contribution in [0.1, 0.15) is 49.8 Å². The second-order valence-corrected chi connectivity index (χ2v) is 8.59. The maximum absolute atomic E-state index is 14.0. The molecule has 4 aromatic rings. The van der Waals surface area contributed by atoms with Gasteiger partial charge in [-0.25, -0.2) is 14.1 Å². The molecule has 172 valence electrons. The van der Waals surface area contributed by atoms with Crippen molar-refractivity contribution in [2.24, 2.45) is 0 Å². The van der Waals surface area contributed by atoms with Crippen LogP contribution >= 0.6 is 0 Å². The number of para-hydroxylation sites is 1. The third-order valence-electron chi connectivity index (χ3n) is 6.38. The first kappa shape index (κ1) is 21.9. The molecule has 1 aliphatic carbocycles. The zero-order valence-electron chi connectivity index (χ0n) is 19.0. The summed E-state index contributed by atoms with van der Waals surface area (Å²) in [5.74, 6) is 1.11. The van der Waals surface area contributed by atoms with Crippen molar-refractivity contribution in [1.29, 1.82) is 5.26 Å². The van der Waals surface area contributed by atoms with E-state index in [2.05, 4.69) is 22.4 Å². The molecule has 6 nitrogen and oxygen atoms in total. The number of halogens is 1. The van der Waals surface area contributed by atoms with Crippen molar-refractivity contribution >= 4 is 16.7 Å². The van der Waals surface area contributed by atoms with Crippen LogP contribution in [0.25, 0.3) is 16.6 Å². The van der Waals surface area contributed by atoms with Gasteiger partial charge in [-0.1, -0.05) is 12.1 Å². The Morgan fingerprint density at radius 1 is 1.12 bits per heavy atom. The average molecular weight is 456 g/mol. The van der Waals surface area contributed by atoms with Gasteiger partial charge in [0.1, 0.15) is 5.82 Å². The minimum absolute atomic E-state index is 0.000915. The molecular weight excluding hydrogens is 429 g/mol. The summed E-state index contributed by atoms with van der Waals surface area (Å²) in [6, 6.07) is 18.2. The first-order valence-electron chi connectivity index (χ1n) is 11.7. The third-order valence-corrected chi connectivity index (χ3v) is 6.38. The van der Waals surface area contributed by atoms with Crippen LogP contribution in [0.5, 0.6) is 5.75 Å². The maximum Gasteiger partial charge on any atom is 0.165 e. The number of nitrogens with one attached hydrogen (secondary N) is 1. The molecule has 2 aromatic carbocycles. The fourth-order valence-corrected chi connectivity index (χ4v) is 4.66. The van der Waals surface area contributed by atoms with Gasteiger partial charge in [0, 0.05) is 17.8 Å². The molecule has 0 bridgehead atoms. The standard InChI is InChI=1S/C27H26FN5O/c1-2-30-26-15-22-24(17-31-26)33(20-11-7-18(16-29)8-12-20)32-27(22)19-9-13-21(14-10-19)34-25-6-4-3-5-23(25)28/h3-8,11-12,15,17,19,21H,2,9-10,13-14H2,1H3,(H,30,31)/t19-,21+. The van der Waals surface area contributed by atoms with E-state index in [0.29, 0.717) is 11.3 Å². The molecule has 1 aliphatic rings. The highest BCUT2D eigenvalue weighted by molar-refractivity contribution is 5.85. The van der Waals surface area contributed by atoms with Crippen LogP contribution < -0.4 is 10.1 Å². The number of fused-ring (bicyclic) bond motifs is 1. The fraction of sp³-hybridized carbons (Fsp3) is 0.296. The van der Waals surface area contributed by atoms with Crippen molar-refractivity contribution in [3.63, 3.8) is 0 Å². The van der Waals surface area contributed by atoms with E-state index in [1.165, 1.54) is 6.07 Å². The Bertz CT molecular complexity index is 1330. The van der Waals surface area contributed by atoms with E-state index in [1.807, 2.05) is 29.9 Å². The minimum Gasteiger partial charge on any atom is -0.487 e. The van der Waals surface area contributed by atoms with Gasteiger partial charge in [-0.3, -0.25) is 0 Å². The number of nitrogens with zero attached hydrogens (tertiary/aromatic N) is 4. The fourth-order valence-electron chi connectivity index (χ4n) is 4.66. The van der Waals surface area contributed by atoms with Crippen molar-refractivity contribution < 1.29 is 9.13 Å². The summed E-state index contributed by atoms with van der Waals surface area (Å²) < 4.78 is 21.9. The summed E-state index contributed by atoms with van der Waals surface area (Å²) in [6.07, 6.45) is 5.37. The second-order valence-electron chi connectivity index (χ2n) is 8.59. The third kappa shape index (κ3) is 4.32. The van der Waals surface area contributed by atoms with Gasteiger partial charge in [0.25, 0.3) is 0 Å². The summed E-state index contributed by atoms with van der Waals surface area (Å²) in [7, 11) is 0. The van der Waals surface area contributed by atoms with Crippen LogP contribution in [0.4, 0.5) is 10.2 Å². The highest BCUT2D eigenvalue weighted by Crippen LogP contribution is 2.38. The van der Waals surface area contributed by atoms with E-state index in [4.69, 9.17) is 15.1 Å². The summed E-state index contributed by atoms with van der Waals surface area (Å²) in [5, 5.41) is 18.5. The summed E-state index contributed by atoms with van der Waals surface area (Å²) in [4.78, 5) is 4.56. The topological polar surface area (TPSA) is 75.8 Å². The van der Waals surface area contributed by atoms with E-state index in [0.717, 1.165) is 60.3 Å². The van der Waals surface area contributed by atoms with E-state index in [-0.39, 0.29) is 17.8 Å².